The molecule has 1 heterocycles. The number of ether oxygens (including phenoxy) is 1. The van der Waals surface area contributed by atoms with Gasteiger partial charge in [0.2, 0.25) is 0 Å². The van der Waals surface area contributed by atoms with E-state index >= 15 is 0 Å². The lowest BCUT2D eigenvalue weighted by molar-refractivity contribution is 0.0350. The van der Waals surface area contributed by atoms with Gasteiger partial charge in [-0.3, -0.25) is 4.90 Å². The molecule has 0 aromatic heterocycles. The highest BCUT2D eigenvalue weighted by molar-refractivity contribution is 5.23. The zero-order chi connectivity index (χ0) is 11.8. The summed E-state index contributed by atoms with van der Waals surface area (Å²) in [5.74, 6) is 0. The van der Waals surface area contributed by atoms with E-state index in [2.05, 4.69) is 23.6 Å². The zero-order valence-corrected chi connectivity index (χ0v) is 10.5. The van der Waals surface area contributed by atoms with Crippen molar-refractivity contribution in [3.8, 4) is 0 Å². The van der Waals surface area contributed by atoms with Gasteiger partial charge in [-0.15, -0.1) is 0 Å². The number of hydrogen-bond acceptors (Lipinski definition) is 2. The first-order chi connectivity index (χ1) is 7.80. The summed E-state index contributed by atoms with van der Waals surface area (Å²) in [4.78, 5) is 2.44. The molecule has 0 saturated carbocycles. The summed E-state index contributed by atoms with van der Waals surface area (Å²) in [5, 5.41) is 0. The number of methoxy groups -OCH3 is 1. The number of likely N-dealkylation sites (tertiary alicyclic amines) is 1. The van der Waals surface area contributed by atoms with Crippen molar-refractivity contribution >= 4 is 0 Å². The Morgan fingerprint density at radius 3 is 3.00 bits per heavy atom. The van der Waals surface area contributed by atoms with Crippen molar-refractivity contribution in [3.63, 3.8) is 0 Å². The molecule has 0 radical (unpaired) electrons. The van der Waals surface area contributed by atoms with Crippen LogP contribution in [0.4, 0.5) is 0 Å². The van der Waals surface area contributed by atoms with Gasteiger partial charge in [0.1, 0.15) is 0 Å². The van der Waals surface area contributed by atoms with Gasteiger partial charge in [0.15, 0.2) is 0 Å². The van der Waals surface area contributed by atoms with Crippen molar-refractivity contribution in [2.45, 2.75) is 25.9 Å². The van der Waals surface area contributed by atoms with Crippen LogP contribution < -0.4 is 0 Å². The first-order valence-electron chi connectivity index (χ1n) is 5.99. The van der Waals surface area contributed by atoms with E-state index in [1.54, 1.807) is 7.11 Å². The minimum Gasteiger partial charge on any atom is -0.380 e. The van der Waals surface area contributed by atoms with Crippen molar-refractivity contribution in [1.82, 2.24) is 4.90 Å². The zero-order valence-electron chi connectivity index (χ0n) is 10.5. The van der Waals surface area contributed by atoms with Crippen molar-refractivity contribution in [2.75, 3.05) is 26.7 Å². The Hall–Kier alpha value is -0.860. The normalized spacial score (nSPS) is 23.9. The predicted molar refractivity (Wildman–Crippen MR) is 69.6 cm³/mol. The highest BCUT2D eigenvalue weighted by Gasteiger charge is 2.19. The fourth-order valence-electron chi connectivity index (χ4n) is 2.01. The summed E-state index contributed by atoms with van der Waals surface area (Å²) in [7, 11) is 1.80. The Morgan fingerprint density at radius 2 is 2.38 bits per heavy atom. The standard InChI is InChI=1S/C14H23NO/c1-4-6-8-13(5-2)11-15-10-7-9-14(12-15)16-3/h4-6,8,14H,2,7,9-12H2,1,3H3/b6-4-,13-8+. The second kappa shape index (κ2) is 7.42. The fraction of sp³-hybridized carbons (Fsp3) is 0.571. The first kappa shape index (κ1) is 13.2. The lowest BCUT2D eigenvalue weighted by Crippen LogP contribution is -2.40. The van der Waals surface area contributed by atoms with Crippen LogP contribution in [-0.2, 0) is 4.74 Å². The molecule has 1 fully saturated rings. The van der Waals surface area contributed by atoms with Gasteiger partial charge in [0.25, 0.3) is 0 Å². The van der Waals surface area contributed by atoms with Crippen LogP contribution in [0.1, 0.15) is 19.8 Å². The summed E-state index contributed by atoms with van der Waals surface area (Å²) in [6.45, 7) is 9.07. The van der Waals surface area contributed by atoms with E-state index in [1.165, 1.54) is 25.0 Å². The number of rotatable bonds is 5. The third-order valence-corrected chi connectivity index (χ3v) is 2.97. The largest absolute Gasteiger partial charge is 0.380 e. The Morgan fingerprint density at radius 1 is 1.56 bits per heavy atom. The summed E-state index contributed by atoms with van der Waals surface area (Å²) in [6, 6.07) is 0. The molecule has 1 unspecified atom stereocenters. The Balaban J connectivity index is 2.48. The molecule has 1 atom stereocenters. The molecule has 2 nitrogen and oxygen atoms in total. The summed E-state index contributed by atoms with van der Waals surface area (Å²) in [5.41, 5.74) is 1.27. The minimum atomic E-state index is 0.404. The second-order valence-electron chi connectivity index (χ2n) is 4.21. The van der Waals surface area contributed by atoms with E-state index < -0.39 is 0 Å². The lowest BCUT2D eigenvalue weighted by atomic mass is 10.1. The van der Waals surface area contributed by atoms with E-state index in [4.69, 9.17) is 4.74 Å². The predicted octanol–water partition coefficient (Wildman–Crippen LogP) is 2.79. The van der Waals surface area contributed by atoms with Gasteiger partial charge in [-0.2, -0.15) is 0 Å². The molecule has 1 aliphatic rings. The highest BCUT2D eigenvalue weighted by atomic mass is 16.5. The van der Waals surface area contributed by atoms with Gasteiger partial charge in [-0.1, -0.05) is 30.9 Å². The topological polar surface area (TPSA) is 12.5 Å². The molecule has 1 saturated heterocycles. The van der Waals surface area contributed by atoms with Crippen molar-refractivity contribution in [1.29, 1.82) is 0 Å². The molecule has 16 heavy (non-hydrogen) atoms. The van der Waals surface area contributed by atoms with Crippen molar-refractivity contribution < 1.29 is 4.74 Å². The molecule has 0 amide bonds. The van der Waals surface area contributed by atoms with E-state index in [1.807, 2.05) is 19.1 Å². The quantitative estimate of drug-likeness (QED) is 0.662. The second-order valence-corrected chi connectivity index (χ2v) is 4.21. The molecule has 0 bridgehead atoms. The fourth-order valence-corrected chi connectivity index (χ4v) is 2.01. The van der Waals surface area contributed by atoms with Crippen LogP contribution in [-0.4, -0.2) is 37.7 Å². The maximum atomic E-state index is 5.42. The Bertz CT molecular complexity index is 268. The molecule has 0 spiro atoms. The molecule has 0 N–H and O–H groups in total. The number of allylic oxidation sites excluding steroid dienone is 3. The Kier molecular flexibility index (Phi) is 6.12. The average molecular weight is 221 g/mol. The van der Waals surface area contributed by atoms with Gasteiger partial charge in [-0.25, -0.2) is 0 Å². The van der Waals surface area contributed by atoms with Gasteiger partial charge < -0.3 is 4.74 Å². The smallest absolute Gasteiger partial charge is 0.0698 e. The van der Waals surface area contributed by atoms with Gasteiger partial charge in [0, 0.05) is 20.2 Å². The number of nitrogens with zero attached hydrogens (tertiary/aromatic N) is 1. The van der Waals surface area contributed by atoms with Crippen LogP contribution in [0.3, 0.4) is 0 Å². The molecule has 0 aliphatic carbocycles. The molecule has 2 heteroatoms. The maximum absolute atomic E-state index is 5.42. The summed E-state index contributed by atoms with van der Waals surface area (Å²) in [6.07, 6.45) is 11.0. The average Bonchev–Trinajstić information content (AvgIpc) is 2.34. The maximum Gasteiger partial charge on any atom is 0.0698 e. The minimum absolute atomic E-state index is 0.404. The van der Waals surface area contributed by atoms with Crippen LogP contribution in [0.2, 0.25) is 0 Å². The van der Waals surface area contributed by atoms with Crippen LogP contribution in [0, 0.1) is 0 Å². The molecular weight excluding hydrogens is 198 g/mol. The Labute approximate surface area is 99.3 Å². The van der Waals surface area contributed by atoms with Crippen molar-refractivity contribution in [2.24, 2.45) is 0 Å². The monoisotopic (exact) mass is 221 g/mol. The van der Waals surface area contributed by atoms with E-state index in [9.17, 15) is 0 Å². The summed E-state index contributed by atoms with van der Waals surface area (Å²) < 4.78 is 5.42. The van der Waals surface area contributed by atoms with Crippen molar-refractivity contribution in [3.05, 3.63) is 36.5 Å². The first-order valence-corrected chi connectivity index (χ1v) is 5.99. The molecule has 1 rings (SSSR count). The van der Waals surface area contributed by atoms with Gasteiger partial charge in [-0.05, 0) is 31.9 Å². The summed E-state index contributed by atoms with van der Waals surface area (Å²) >= 11 is 0. The third-order valence-electron chi connectivity index (χ3n) is 2.97. The highest BCUT2D eigenvalue weighted by Crippen LogP contribution is 2.14. The van der Waals surface area contributed by atoms with E-state index in [-0.39, 0.29) is 0 Å². The van der Waals surface area contributed by atoms with E-state index in [0.717, 1.165) is 13.1 Å². The number of hydrogen-bond donors (Lipinski definition) is 0. The van der Waals surface area contributed by atoms with Crippen LogP contribution in [0.15, 0.2) is 36.5 Å². The lowest BCUT2D eigenvalue weighted by Gasteiger charge is -2.32. The SMILES string of the molecule is C=C/C(=C\C=C/C)CN1CCCC(OC)C1. The van der Waals surface area contributed by atoms with Crippen LogP contribution in [0.25, 0.3) is 0 Å². The van der Waals surface area contributed by atoms with Gasteiger partial charge in [0.05, 0.1) is 6.10 Å². The van der Waals surface area contributed by atoms with Gasteiger partial charge >= 0.3 is 0 Å². The molecule has 90 valence electrons. The third kappa shape index (κ3) is 4.33. The molecule has 1 aliphatic heterocycles. The van der Waals surface area contributed by atoms with Crippen LogP contribution in [0.5, 0.6) is 0 Å². The molecule has 0 aromatic rings. The van der Waals surface area contributed by atoms with Crippen LogP contribution >= 0.6 is 0 Å². The number of piperidine rings is 1. The molecule has 0 aromatic carbocycles. The van der Waals surface area contributed by atoms with E-state index in [0.29, 0.717) is 6.10 Å². The molecular formula is C14H23NO.